The van der Waals surface area contributed by atoms with E-state index in [1.165, 1.54) is 5.57 Å². The van der Waals surface area contributed by atoms with Crippen molar-refractivity contribution in [1.29, 1.82) is 0 Å². The van der Waals surface area contributed by atoms with Crippen LogP contribution in [0.4, 0.5) is 0 Å². The number of aliphatic hydroxyl groups excluding tert-OH is 1. The van der Waals surface area contributed by atoms with Crippen LogP contribution in [0.2, 0.25) is 0 Å². The third-order valence-electron chi connectivity index (χ3n) is 2.59. The molecular weight excluding hydrogens is 214 g/mol. The van der Waals surface area contributed by atoms with Crippen LogP contribution >= 0.6 is 16.4 Å². The zero-order valence-corrected chi connectivity index (χ0v) is 10.3. The standard InChI is InChI=1S/C10H17O2P2/c1-8-2-3-9(7-11)6-10(8)4-5-14(12)13/h4,9,11H,1-3,5-7,13H2/q+1/b10-4-/t9-/m0/s1. The second-order valence-corrected chi connectivity index (χ2v) is 6.65. The Morgan fingerprint density at radius 1 is 1.71 bits per heavy atom. The monoisotopic (exact) mass is 231 g/mol. The van der Waals surface area contributed by atoms with Gasteiger partial charge in [-0.3, -0.25) is 0 Å². The molecule has 14 heavy (non-hydrogen) atoms. The van der Waals surface area contributed by atoms with Crippen LogP contribution < -0.4 is 0 Å². The van der Waals surface area contributed by atoms with Crippen molar-refractivity contribution in [1.82, 2.24) is 0 Å². The van der Waals surface area contributed by atoms with Gasteiger partial charge in [-0.25, -0.2) is 0 Å². The maximum Gasteiger partial charge on any atom is 0.353 e. The lowest BCUT2D eigenvalue weighted by molar-refractivity contribution is 0.213. The first-order chi connectivity index (χ1) is 6.63. The summed E-state index contributed by atoms with van der Waals surface area (Å²) in [7, 11) is 1.14. The highest BCUT2D eigenvalue weighted by Gasteiger charge is 2.19. The van der Waals surface area contributed by atoms with Gasteiger partial charge in [0.25, 0.3) is 0 Å². The van der Waals surface area contributed by atoms with E-state index in [1.54, 1.807) is 0 Å². The molecule has 4 heteroatoms. The van der Waals surface area contributed by atoms with Gasteiger partial charge in [-0.2, -0.15) is 0 Å². The molecule has 0 bridgehead atoms. The lowest BCUT2D eigenvalue weighted by atomic mass is 9.83. The molecule has 2 unspecified atom stereocenters. The predicted molar refractivity (Wildman–Crippen MR) is 63.8 cm³/mol. The molecule has 0 radical (unpaired) electrons. The summed E-state index contributed by atoms with van der Waals surface area (Å²) >= 11 is 0. The topological polar surface area (TPSA) is 37.3 Å². The van der Waals surface area contributed by atoms with Crippen molar-refractivity contribution in [2.75, 3.05) is 12.8 Å². The average molecular weight is 231 g/mol. The van der Waals surface area contributed by atoms with Gasteiger partial charge in [-0.05, 0) is 36.8 Å². The molecule has 0 aromatic rings. The van der Waals surface area contributed by atoms with Gasteiger partial charge >= 0.3 is 7.49 Å². The van der Waals surface area contributed by atoms with E-state index in [-0.39, 0.29) is 6.61 Å². The third-order valence-corrected chi connectivity index (χ3v) is 3.77. The fourth-order valence-electron chi connectivity index (χ4n) is 1.68. The molecule has 1 N–H and O–H groups in total. The minimum atomic E-state index is -1.18. The molecule has 3 atom stereocenters. The van der Waals surface area contributed by atoms with Gasteiger partial charge in [0.05, 0.1) is 0 Å². The van der Waals surface area contributed by atoms with Crippen LogP contribution in [-0.2, 0) is 4.57 Å². The maximum absolute atomic E-state index is 10.9. The van der Waals surface area contributed by atoms with Crippen LogP contribution in [-0.4, -0.2) is 17.9 Å². The highest BCUT2D eigenvalue weighted by Crippen LogP contribution is 2.35. The number of rotatable bonds is 3. The molecule has 1 aliphatic rings. The minimum absolute atomic E-state index is 0.248. The number of allylic oxidation sites excluding steroid dienone is 3. The second kappa shape index (κ2) is 5.75. The molecule has 0 aliphatic heterocycles. The molecule has 1 aliphatic carbocycles. The van der Waals surface area contributed by atoms with E-state index in [1.807, 2.05) is 6.08 Å². The quantitative estimate of drug-likeness (QED) is 0.758. The van der Waals surface area contributed by atoms with Crippen molar-refractivity contribution in [3.05, 3.63) is 23.8 Å². The minimum Gasteiger partial charge on any atom is -0.396 e. The number of hydrogen-bond donors (Lipinski definition) is 1. The summed E-state index contributed by atoms with van der Waals surface area (Å²) in [4.78, 5) is 0. The lowest BCUT2D eigenvalue weighted by Crippen LogP contribution is -2.13. The van der Waals surface area contributed by atoms with Crippen LogP contribution in [0.25, 0.3) is 0 Å². The van der Waals surface area contributed by atoms with Gasteiger partial charge in [-0.15, -0.1) is 0 Å². The zero-order chi connectivity index (χ0) is 10.6. The highest BCUT2D eigenvalue weighted by atomic mass is 32.0. The van der Waals surface area contributed by atoms with Crippen LogP contribution in [0.1, 0.15) is 19.3 Å². The van der Waals surface area contributed by atoms with Gasteiger partial charge < -0.3 is 5.11 Å². The summed E-state index contributed by atoms with van der Waals surface area (Å²) < 4.78 is 10.9. The van der Waals surface area contributed by atoms with E-state index in [9.17, 15) is 4.57 Å². The van der Waals surface area contributed by atoms with E-state index in [4.69, 9.17) is 5.11 Å². The van der Waals surface area contributed by atoms with E-state index in [0.717, 1.165) is 24.8 Å². The largest absolute Gasteiger partial charge is 0.396 e. The van der Waals surface area contributed by atoms with Crippen molar-refractivity contribution < 1.29 is 9.67 Å². The van der Waals surface area contributed by atoms with Gasteiger partial charge in [0, 0.05) is 6.61 Å². The van der Waals surface area contributed by atoms with Crippen molar-refractivity contribution >= 4 is 16.4 Å². The molecule has 0 saturated heterocycles. The molecule has 0 amide bonds. The Morgan fingerprint density at radius 2 is 2.43 bits per heavy atom. The van der Waals surface area contributed by atoms with E-state index in [0.29, 0.717) is 12.1 Å². The van der Waals surface area contributed by atoms with Crippen LogP contribution in [0.15, 0.2) is 23.8 Å². The van der Waals surface area contributed by atoms with Crippen LogP contribution in [0.3, 0.4) is 0 Å². The van der Waals surface area contributed by atoms with Gasteiger partial charge in [0.15, 0.2) is 6.16 Å². The first kappa shape index (κ1) is 12.0. The first-order valence-corrected chi connectivity index (χ1v) is 7.87. The van der Waals surface area contributed by atoms with Gasteiger partial charge in [-0.1, -0.05) is 16.7 Å². The fraction of sp³-hybridized carbons (Fsp3) is 0.600. The molecule has 0 spiro atoms. The Hall–Kier alpha value is -0.0300. The third kappa shape index (κ3) is 3.61. The highest BCUT2D eigenvalue weighted by molar-refractivity contribution is 8.06. The smallest absolute Gasteiger partial charge is 0.353 e. The summed E-state index contributed by atoms with van der Waals surface area (Å²) in [6.07, 6.45) is 5.50. The normalized spacial score (nSPS) is 26.7. The Bertz CT molecular complexity index is 271. The molecule has 2 nitrogen and oxygen atoms in total. The van der Waals surface area contributed by atoms with Crippen molar-refractivity contribution in [3.63, 3.8) is 0 Å². The van der Waals surface area contributed by atoms with Crippen molar-refractivity contribution in [3.8, 4) is 0 Å². The summed E-state index contributed by atoms with van der Waals surface area (Å²) in [5.41, 5.74) is 2.35. The Labute approximate surface area is 88.4 Å². The summed E-state index contributed by atoms with van der Waals surface area (Å²) in [5, 5.41) is 9.05. The first-order valence-electron chi connectivity index (χ1n) is 4.81. The Morgan fingerprint density at radius 3 is 3.00 bits per heavy atom. The molecule has 0 aromatic heterocycles. The fourth-order valence-corrected chi connectivity index (χ4v) is 2.40. The van der Waals surface area contributed by atoms with Crippen molar-refractivity contribution in [2.45, 2.75) is 19.3 Å². The van der Waals surface area contributed by atoms with Crippen LogP contribution in [0, 0.1) is 5.92 Å². The van der Waals surface area contributed by atoms with Crippen LogP contribution in [0.5, 0.6) is 0 Å². The molecule has 0 heterocycles. The molecular formula is C10H17O2P2+. The van der Waals surface area contributed by atoms with E-state index in [2.05, 4.69) is 15.5 Å². The zero-order valence-electron chi connectivity index (χ0n) is 8.28. The predicted octanol–water partition coefficient (Wildman–Crippen LogP) is 2.88. The van der Waals surface area contributed by atoms with Gasteiger partial charge in [0.1, 0.15) is 8.93 Å². The molecule has 0 aromatic carbocycles. The maximum atomic E-state index is 10.9. The summed E-state index contributed by atoms with van der Waals surface area (Å²) in [5.74, 6) is 0.370. The Balaban J connectivity index is 2.60. The SMILES string of the molecule is C=C1CC[C@H](CO)C/C1=C/C[P+](=O)P. The number of hydrogen-bond acceptors (Lipinski definition) is 2. The lowest BCUT2D eigenvalue weighted by Gasteiger charge is -2.24. The summed E-state index contributed by atoms with van der Waals surface area (Å²) in [6, 6.07) is 0. The van der Waals surface area contributed by atoms with E-state index >= 15 is 0 Å². The molecule has 1 rings (SSSR count). The van der Waals surface area contributed by atoms with E-state index < -0.39 is 7.49 Å². The average Bonchev–Trinajstić information content (AvgIpc) is 2.16. The second-order valence-electron chi connectivity index (χ2n) is 3.72. The molecule has 78 valence electrons. The molecule has 1 saturated carbocycles. The van der Waals surface area contributed by atoms with Gasteiger partial charge in [0.2, 0.25) is 0 Å². The van der Waals surface area contributed by atoms with Crippen molar-refractivity contribution in [2.24, 2.45) is 5.92 Å². The number of aliphatic hydroxyl groups is 1. The Kier molecular flexibility index (Phi) is 4.95. The summed E-state index contributed by atoms with van der Waals surface area (Å²) in [6.45, 7) is 4.24. The molecule has 1 fully saturated rings.